The first-order chi connectivity index (χ1) is 14.9. The maximum Gasteiger partial charge on any atom is 0.338 e. The highest BCUT2D eigenvalue weighted by Gasteiger charge is 2.42. The Labute approximate surface area is 188 Å². The van der Waals surface area contributed by atoms with Gasteiger partial charge in [-0.2, -0.15) is 0 Å². The summed E-state index contributed by atoms with van der Waals surface area (Å²) in [5.74, 6) is -0.903. The number of rotatable bonds is 5. The molecule has 2 aromatic carbocycles. The minimum Gasteiger partial charge on any atom is -0.456 e. The molecule has 2 aliphatic heterocycles. The van der Waals surface area contributed by atoms with Gasteiger partial charge in [0, 0.05) is 15.6 Å². The SMILES string of the molecule is CSc1ccc([C@H]2NC(=O)N(CC(=O)Nc3cc(Cl)ccc3C)C3=C2C(=O)OC3)cc1. The van der Waals surface area contributed by atoms with E-state index in [0.29, 0.717) is 22.0 Å². The minimum atomic E-state index is -0.622. The Morgan fingerprint density at radius 1 is 1.26 bits per heavy atom. The van der Waals surface area contributed by atoms with E-state index in [1.165, 1.54) is 4.90 Å². The molecule has 0 spiro atoms. The lowest BCUT2D eigenvalue weighted by molar-refractivity contribution is -0.136. The molecule has 0 radical (unpaired) electrons. The molecule has 0 aromatic heterocycles. The zero-order chi connectivity index (χ0) is 22.1. The van der Waals surface area contributed by atoms with E-state index in [1.807, 2.05) is 37.4 Å². The van der Waals surface area contributed by atoms with Crippen molar-refractivity contribution in [1.29, 1.82) is 0 Å². The molecule has 7 nitrogen and oxygen atoms in total. The molecule has 2 heterocycles. The molecule has 2 aliphatic rings. The van der Waals surface area contributed by atoms with Crippen LogP contribution in [0.2, 0.25) is 5.02 Å². The van der Waals surface area contributed by atoms with E-state index in [0.717, 1.165) is 16.0 Å². The summed E-state index contributed by atoms with van der Waals surface area (Å²) >= 11 is 7.61. The lowest BCUT2D eigenvalue weighted by Gasteiger charge is -2.32. The minimum absolute atomic E-state index is 0.0511. The van der Waals surface area contributed by atoms with Crippen LogP contribution in [0.5, 0.6) is 0 Å². The van der Waals surface area contributed by atoms with Gasteiger partial charge in [0.2, 0.25) is 5.91 Å². The van der Waals surface area contributed by atoms with Crippen LogP contribution in [-0.2, 0) is 14.3 Å². The quantitative estimate of drug-likeness (QED) is 0.525. The average Bonchev–Trinajstić information content (AvgIpc) is 3.14. The van der Waals surface area contributed by atoms with Gasteiger partial charge in [0.15, 0.2) is 0 Å². The highest BCUT2D eigenvalue weighted by molar-refractivity contribution is 7.98. The van der Waals surface area contributed by atoms with Crippen molar-refractivity contribution < 1.29 is 19.1 Å². The fourth-order valence-electron chi connectivity index (χ4n) is 3.59. The van der Waals surface area contributed by atoms with Crippen molar-refractivity contribution in [3.63, 3.8) is 0 Å². The van der Waals surface area contributed by atoms with Gasteiger partial charge in [0.25, 0.3) is 0 Å². The first kappa shape index (κ1) is 21.3. The normalized spacial score (nSPS) is 17.9. The van der Waals surface area contributed by atoms with Gasteiger partial charge in [-0.3, -0.25) is 9.69 Å². The predicted molar refractivity (Wildman–Crippen MR) is 119 cm³/mol. The van der Waals surface area contributed by atoms with Crippen molar-refractivity contribution in [2.75, 3.05) is 24.7 Å². The van der Waals surface area contributed by atoms with E-state index >= 15 is 0 Å². The summed E-state index contributed by atoms with van der Waals surface area (Å²) in [6.45, 7) is 1.53. The fraction of sp³-hybridized carbons (Fsp3) is 0.227. The van der Waals surface area contributed by atoms with E-state index < -0.39 is 23.9 Å². The van der Waals surface area contributed by atoms with Gasteiger partial charge in [-0.1, -0.05) is 29.8 Å². The van der Waals surface area contributed by atoms with Crippen LogP contribution in [0.1, 0.15) is 17.2 Å². The molecule has 31 heavy (non-hydrogen) atoms. The van der Waals surface area contributed by atoms with E-state index in [2.05, 4.69) is 10.6 Å². The molecule has 2 aromatic rings. The number of aryl methyl sites for hydroxylation is 1. The number of carbonyl (C=O) groups is 3. The van der Waals surface area contributed by atoms with Gasteiger partial charge in [0.05, 0.1) is 17.3 Å². The summed E-state index contributed by atoms with van der Waals surface area (Å²) in [6.07, 6.45) is 1.97. The fourth-order valence-corrected chi connectivity index (χ4v) is 4.17. The second kappa shape index (κ2) is 8.64. The van der Waals surface area contributed by atoms with Crippen molar-refractivity contribution in [2.24, 2.45) is 0 Å². The third kappa shape index (κ3) is 4.26. The van der Waals surface area contributed by atoms with Crippen molar-refractivity contribution in [3.05, 3.63) is 69.9 Å². The van der Waals surface area contributed by atoms with Gasteiger partial charge in [-0.15, -0.1) is 11.8 Å². The number of urea groups is 1. The number of nitrogens with zero attached hydrogens (tertiary/aromatic N) is 1. The number of esters is 1. The second-order valence-electron chi connectivity index (χ2n) is 7.19. The zero-order valence-corrected chi connectivity index (χ0v) is 18.5. The second-order valence-corrected chi connectivity index (χ2v) is 8.50. The van der Waals surface area contributed by atoms with E-state index in [1.54, 1.807) is 30.0 Å². The summed E-state index contributed by atoms with van der Waals surface area (Å²) in [7, 11) is 0. The molecule has 3 amide bonds. The van der Waals surface area contributed by atoms with E-state index in [-0.39, 0.29) is 13.2 Å². The Morgan fingerprint density at radius 2 is 2.00 bits per heavy atom. The van der Waals surface area contributed by atoms with Crippen molar-refractivity contribution in [3.8, 4) is 0 Å². The van der Waals surface area contributed by atoms with Gasteiger partial charge >= 0.3 is 12.0 Å². The number of hydrogen-bond donors (Lipinski definition) is 2. The Hall–Kier alpha value is -2.97. The van der Waals surface area contributed by atoms with Gasteiger partial charge in [0.1, 0.15) is 13.2 Å². The molecule has 9 heteroatoms. The van der Waals surface area contributed by atoms with Crippen LogP contribution in [0.15, 0.2) is 58.6 Å². The molecular weight excluding hydrogens is 438 g/mol. The Kier molecular flexibility index (Phi) is 5.93. The summed E-state index contributed by atoms with van der Waals surface area (Å²) < 4.78 is 5.21. The smallest absolute Gasteiger partial charge is 0.338 e. The highest BCUT2D eigenvalue weighted by atomic mass is 35.5. The molecule has 1 atom stereocenters. The monoisotopic (exact) mass is 457 g/mol. The van der Waals surface area contributed by atoms with Crippen LogP contribution in [0.4, 0.5) is 10.5 Å². The molecule has 160 valence electrons. The van der Waals surface area contributed by atoms with Gasteiger partial charge in [-0.05, 0) is 48.6 Å². The van der Waals surface area contributed by atoms with E-state index in [9.17, 15) is 14.4 Å². The van der Waals surface area contributed by atoms with E-state index in [4.69, 9.17) is 16.3 Å². The zero-order valence-electron chi connectivity index (χ0n) is 16.9. The Morgan fingerprint density at radius 3 is 2.71 bits per heavy atom. The number of ether oxygens (including phenoxy) is 1. The molecule has 0 fully saturated rings. The summed E-state index contributed by atoms with van der Waals surface area (Å²) in [5, 5.41) is 6.09. The predicted octanol–water partition coefficient (Wildman–Crippen LogP) is 3.89. The number of thioether (sulfide) groups is 1. The number of amides is 3. The number of hydrogen-bond acceptors (Lipinski definition) is 5. The number of anilines is 1. The molecule has 0 saturated heterocycles. The maximum atomic E-state index is 12.9. The van der Waals surface area contributed by atoms with Crippen molar-refractivity contribution in [2.45, 2.75) is 17.9 Å². The lowest BCUT2D eigenvalue weighted by atomic mass is 9.96. The van der Waals surface area contributed by atoms with Gasteiger partial charge in [-0.25, -0.2) is 9.59 Å². The van der Waals surface area contributed by atoms with Crippen molar-refractivity contribution in [1.82, 2.24) is 10.2 Å². The average molecular weight is 458 g/mol. The van der Waals surface area contributed by atoms with Crippen LogP contribution >= 0.6 is 23.4 Å². The Bertz CT molecular complexity index is 1100. The van der Waals surface area contributed by atoms with Crippen LogP contribution in [0.25, 0.3) is 0 Å². The van der Waals surface area contributed by atoms with Crippen LogP contribution < -0.4 is 10.6 Å². The standard InChI is InChI=1S/C22H20ClN3O4S/c1-12-3-6-14(23)9-16(12)24-18(27)10-26-17-11-30-21(28)19(17)20(25-22(26)29)13-4-7-15(31-2)8-5-13/h3-9,20H,10-11H2,1-2H3,(H,24,27)(H,25,29)/t20-/m1/s1. The first-order valence-electron chi connectivity index (χ1n) is 9.55. The summed E-state index contributed by atoms with van der Waals surface area (Å²) in [6, 6.07) is 11.7. The largest absolute Gasteiger partial charge is 0.456 e. The number of nitrogens with one attached hydrogen (secondary N) is 2. The van der Waals surface area contributed by atoms with Crippen LogP contribution in [-0.4, -0.2) is 42.2 Å². The molecule has 4 rings (SSSR count). The van der Waals surface area contributed by atoms with Crippen LogP contribution in [0, 0.1) is 6.92 Å². The highest BCUT2D eigenvalue weighted by Crippen LogP contribution is 2.35. The molecule has 0 bridgehead atoms. The lowest BCUT2D eigenvalue weighted by Crippen LogP contribution is -2.49. The molecule has 0 saturated carbocycles. The Balaban J connectivity index is 1.59. The summed E-state index contributed by atoms with van der Waals surface area (Å²) in [4.78, 5) is 40.3. The first-order valence-corrected chi connectivity index (χ1v) is 11.2. The van der Waals surface area contributed by atoms with Crippen LogP contribution in [0.3, 0.4) is 0 Å². The maximum absolute atomic E-state index is 12.9. The number of benzene rings is 2. The molecule has 0 aliphatic carbocycles. The van der Waals surface area contributed by atoms with Gasteiger partial charge < -0.3 is 15.4 Å². The number of carbonyl (C=O) groups excluding carboxylic acids is 3. The third-order valence-corrected chi connectivity index (χ3v) is 6.20. The molecule has 2 N–H and O–H groups in total. The third-order valence-electron chi connectivity index (χ3n) is 5.22. The number of cyclic esters (lactones) is 1. The number of halogens is 1. The summed E-state index contributed by atoms with van der Waals surface area (Å²) in [5.41, 5.74) is 2.94. The topological polar surface area (TPSA) is 87.7 Å². The molecular formula is C22H20ClN3O4S. The molecule has 0 unspecified atom stereocenters. The van der Waals surface area contributed by atoms with Crippen molar-refractivity contribution >= 4 is 47.0 Å².